The summed E-state index contributed by atoms with van der Waals surface area (Å²) in [5.41, 5.74) is 1.59. The lowest BCUT2D eigenvalue weighted by Gasteiger charge is -2.42. The van der Waals surface area contributed by atoms with Crippen LogP contribution in [0.1, 0.15) is 38.7 Å². The number of rotatable bonds is 2. The molecule has 0 aromatic heterocycles. The first-order chi connectivity index (χ1) is 9.15. The highest BCUT2D eigenvalue weighted by Crippen LogP contribution is 2.40. The molecule has 0 saturated carbocycles. The molecule has 0 amide bonds. The second kappa shape index (κ2) is 5.49. The SMILES string of the molecule is CC1CC(C)C(C)N(CC2CSc3ccccc32)C1. The molecule has 0 N–H and O–H groups in total. The fourth-order valence-electron chi connectivity index (χ4n) is 3.74. The molecule has 19 heavy (non-hydrogen) atoms. The van der Waals surface area contributed by atoms with E-state index in [9.17, 15) is 0 Å². The quantitative estimate of drug-likeness (QED) is 0.794. The summed E-state index contributed by atoms with van der Waals surface area (Å²) in [6.45, 7) is 9.79. The summed E-state index contributed by atoms with van der Waals surface area (Å²) in [6.07, 6.45) is 1.40. The Morgan fingerprint density at radius 1 is 1.21 bits per heavy atom. The van der Waals surface area contributed by atoms with Gasteiger partial charge in [0.1, 0.15) is 0 Å². The van der Waals surface area contributed by atoms with E-state index in [1.54, 1.807) is 5.56 Å². The molecule has 2 aliphatic heterocycles. The zero-order valence-electron chi connectivity index (χ0n) is 12.3. The minimum atomic E-state index is 0.737. The first-order valence-electron chi connectivity index (χ1n) is 7.61. The van der Waals surface area contributed by atoms with Crippen LogP contribution >= 0.6 is 11.8 Å². The van der Waals surface area contributed by atoms with Crippen LogP contribution in [0, 0.1) is 11.8 Å². The van der Waals surface area contributed by atoms with Gasteiger partial charge in [0.2, 0.25) is 0 Å². The van der Waals surface area contributed by atoms with E-state index < -0.39 is 0 Å². The van der Waals surface area contributed by atoms with Crippen molar-refractivity contribution in [1.82, 2.24) is 4.90 Å². The van der Waals surface area contributed by atoms with Gasteiger partial charge in [-0.3, -0.25) is 4.90 Å². The van der Waals surface area contributed by atoms with E-state index in [0.29, 0.717) is 0 Å². The number of fused-ring (bicyclic) bond motifs is 1. The van der Waals surface area contributed by atoms with Gasteiger partial charge >= 0.3 is 0 Å². The van der Waals surface area contributed by atoms with E-state index in [1.807, 2.05) is 11.8 Å². The third-order valence-electron chi connectivity index (χ3n) is 4.97. The summed E-state index contributed by atoms with van der Waals surface area (Å²) in [5.74, 6) is 3.70. The molecule has 3 rings (SSSR count). The number of hydrogen-bond donors (Lipinski definition) is 0. The Labute approximate surface area is 121 Å². The number of nitrogens with zero attached hydrogens (tertiary/aromatic N) is 1. The molecule has 0 radical (unpaired) electrons. The van der Waals surface area contributed by atoms with Crippen molar-refractivity contribution in [3.8, 4) is 0 Å². The molecule has 1 aromatic carbocycles. The Bertz CT molecular complexity index is 445. The van der Waals surface area contributed by atoms with Crippen LogP contribution in [0.2, 0.25) is 0 Å². The van der Waals surface area contributed by atoms with Crippen molar-refractivity contribution >= 4 is 11.8 Å². The number of thioether (sulfide) groups is 1. The van der Waals surface area contributed by atoms with Gasteiger partial charge in [-0.2, -0.15) is 0 Å². The number of hydrogen-bond acceptors (Lipinski definition) is 2. The van der Waals surface area contributed by atoms with Gasteiger partial charge < -0.3 is 0 Å². The largest absolute Gasteiger partial charge is 0.299 e. The van der Waals surface area contributed by atoms with E-state index in [-0.39, 0.29) is 0 Å². The van der Waals surface area contributed by atoms with E-state index in [2.05, 4.69) is 49.9 Å². The average Bonchev–Trinajstić information content (AvgIpc) is 2.79. The lowest BCUT2D eigenvalue weighted by Crippen LogP contribution is -2.47. The maximum Gasteiger partial charge on any atom is 0.0108 e. The highest BCUT2D eigenvalue weighted by atomic mass is 32.2. The zero-order chi connectivity index (χ0) is 13.4. The van der Waals surface area contributed by atoms with Crippen LogP contribution in [-0.2, 0) is 0 Å². The molecule has 0 bridgehead atoms. The Hall–Kier alpha value is -0.470. The Morgan fingerprint density at radius 3 is 2.84 bits per heavy atom. The highest BCUT2D eigenvalue weighted by Gasteiger charge is 2.32. The van der Waals surface area contributed by atoms with E-state index in [4.69, 9.17) is 0 Å². The van der Waals surface area contributed by atoms with Crippen LogP contribution in [0.5, 0.6) is 0 Å². The predicted molar refractivity (Wildman–Crippen MR) is 83.9 cm³/mol. The second-order valence-corrected chi connectivity index (χ2v) is 7.62. The third-order valence-corrected chi connectivity index (χ3v) is 6.23. The van der Waals surface area contributed by atoms with E-state index >= 15 is 0 Å². The molecule has 1 fully saturated rings. The molecule has 4 unspecified atom stereocenters. The molecular weight excluding hydrogens is 250 g/mol. The fraction of sp³-hybridized carbons (Fsp3) is 0.647. The van der Waals surface area contributed by atoms with Crippen LogP contribution in [0.15, 0.2) is 29.2 Å². The van der Waals surface area contributed by atoms with E-state index in [1.165, 1.54) is 30.2 Å². The van der Waals surface area contributed by atoms with Crippen LogP contribution in [-0.4, -0.2) is 29.8 Å². The van der Waals surface area contributed by atoms with Crippen molar-refractivity contribution in [2.24, 2.45) is 11.8 Å². The monoisotopic (exact) mass is 275 g/mol. The Kier molecular flexibility index (Phi) is 3.91. The van der Waals surface area contributed by atoms with Crippen molar-refractivity contribution in [2.75, 3.05) is 18.8 Å². The molecule has 2 heterocycles. The lowest BCUT2D eigenvalue weighted by molar-refractivity contribution is 0.0757. The summed E-state index contributed by atoms with van der Waals surface area (Å²) < 4.78 is 0. The highest BCUT2D eigenvalue weighted by molar-refractivity contribution is 7.99. The number of piperidine rings is 1. The van der Waals surface area contributed by atoms with Crippen molar-refractivity contribution < 1.29 is 0 Å². The molecule has 1 aromatic rings. The van der Waals surface area contributed by atoms with Gasteiger partial charge in [0.15, 0.2) is 0 Å². The summed E-state index contributed by atoms with van der Waals surface area (Å²) in [6, 6.07) is 9.73. The van der Waals surface area contributed by atoms with Crippen molar-refractivity contribution in [3.05, 3.63) is 29.8 Å². The Morgan fingerprint density at radius 2 is 2.00 bits per heavy atom. The van der Waals surface area contributed by atoms with Gasteiger partial charge in [-0.25, -0.2) is 0 Å². The average molecular weight is 275 g/mol. The van der Waals surface area contributed by atoms with Crippen LogP contribution < -0.4 is 0 Å². The lowest BCUT2D eigenvalue weighted by atomic mass is 9.85. The zero-order valence-corrected chi connectivity index (χ0v) is 13.1. The minimum Gasteiger partial charge on any atom is -0.299 e. The minimum absolute atomic E-state index is 0.737. The van der Waals surface area contributed by atoms with Crippen molar-refractivity contribution in [1.29, 1.82) is 0 Å². The van der Waals surface area contributed by atoms with Crippen molar-refractivity contribution in [2.45, 2.75) is 44.0 Å². The summed E-state index contributed by atoms with van der Waals surface area (Å²) in [4.78, 5) is 4.25. The smallest absolute Gasteiger partial charge is 0.0108 e. The summed E-state index contributed by atoms with van der Waals surface area (Å²) in [5, 5.41) is 0. The Balaban J connectivity index is 1.72. The van der Waals surface area contributed by atoms with Gasteiger partial charge in [-0.15, -0.1) is 11.8 Å². The van der Waals surface area contributed by atoms with E-state index in [0.717, 1.165) is 23.8 Å². The third kappa shape index (κ3) is 2.71. The standard InChI is InChI=1S/C17H25NS/c1-12-8-13(2)14(3)18(9-12)10-15-11-19-17-7-5-4-6-16(15)17/h4-7,12-15H,8-11H2,1-3H3. The molecule has 0 spiro atoms. The normalized spacial score (nSPS) is 35.3. The molecule has 2 aliphatic rings. The second-order valence-electron chi connectivity index (χ2n) is 6.56. The van der Waals surface area contributed by atoms with Gasteiger partial charge in [0.05, 0.1) is 0 Å². The summed E-state index contributed by atoms with van der Waals surface area (Å²) >= 11 is 2.04. The topological polar surface area (TPSA) is 3.24 Å². The van der Waals surface area contributed by atoms with Crippen LogP contribution in [0.3, 0.4) is 0 Å². The maximum atomic E-state index is 2.74. The fourth-order valence-corrected chi connectivity index (χ4v) is 4.98. The van der Waals surface area contributed by atoms with Crippen LogP contribution in [0.25, 0.3) is 0 Å². The predicted octanol–water partition coefficient (Wildman–Crippen LogP) is 4.24. The molecule has 1 saturated heterocycles. The molecule has 2 heteroatoms. The molecular formula is C17H25NS. The van der Waals surface area contributed by atoms with Gasteiger partial charge in [0.25, 0.3) is 0 Å². The van der Waals surface area contributed by atoms with Gasteiger partial charge in [-0.1, -0.05) is 32.0 Å². The molecule has 104 valence electrons. The molecule has 0 aliphatic carbocycles. The maximum absolute atomic E-state index is 2.74. The first-order valence-corrected chi connectivity index (χ1v) is 8.59. The molecule has 4 atom stereocenters. The van der Waals surface area contributed by atoms with Gasteiger partial charge in [0, 0.05) is 35.7 Å². The summed E-state index contributed by atoms with van der Waals surface area (Å²) in [7, 11) is 0. The molecule has 1 nitrogen and oxygen atoms in total. The van der Waals surface area contributed by atoms with Crippen LogP contribution in [0.4, 0.5) is 0 Å². The van der Waals surface area contributed by atoms with Gasteiger partial charge in [-0.05, 0) is 36.8 Å². The number of likely N-dealkylation sites (tertiary alicyclic amines) is 1. The first kappa shape index (κ1) is 13.5. The van der Waals surface area contributed by atoms with Crippen molar-refractivity contribution in [3.63, 3.8) is 0 Å². The number of benzene rings is 1.